The van der Waals surface area contributed by atoms with Crippen LogP contribution in [-0.2, 0) is 6.42 Å². The first-order chi connectivity index (χ1) is 10.3. The van der Waals surface area contributed by atoms with Crippen LogP contribution in [0.25, 0.3) is 16.8 Å². The second kappa shape index (κ2) is 5.48. The van der Waals surface area contributed by atoms with Crippen LogP contribution in [-0.4, -0.2) is 15.6 Å². The van der Waals surface area contributed by atoms with Gasteiger partial charge in [0, 0.05) is 23.0 Å². The standard InChI is InChI=1S/C15H9Cl2F3N2/c16-10-3-1-2-9(6-10)12-4-5-22-11(7-15(18,19)20)8-21-14(22)13(12)17/h1-6,8H,7H2. The number of fused-ring (bicyclic) bond motifs is 1. The molecule has 3 aromatic rings. The smallest absolute Gasteiger partial charge is 0.302 e. The molecule has 2 aromatic heterocycles. The van der Waals surface area contributed by atoms with Crippen molar-refractivity contribution in [2.45, 2.75) is 12.6 Å². The zero-order valence-electron chi connectivity index (χ0n) is 11.0. The number of pyridine rings is 1. The van der Waals surface area contributed by atoms with Crippen molar-refractivity contribution < 1.29 is 13.2 Å². The summed E-state index contributed by atoms with van der Waals surface area (Å²) in [5.41, 5.74) is 1.78. The Bertz CT molecular complexity index is 840. The Labute approximate surface area is 134 Å². The lowest BCUT2D eigenvalue weighted by Crippen LogP contribution is -2.13. The largest absolute Gasteiger partial charge is 0.394 e. The van der Waals surface area contributed by atoms with Crippen molar-refractivity contribution in [2.75, 3.05) is 0 Å². The van der Waals surface area contributed by atoms with Crippen molar-refractivity contribution in [3.8, 4) is 11.1 Å². The molecule has 0 aliphatic heterocycles. The average Bonchev–Trinajstić information content (AvgIpc) is 2.81. The van der Waals surface area contributed by atoms with Gasteiger partial charge in [0.2, 0.25) is 0 Å². The lowest BCUT2D eigenvalue weighted by Gasteiger charge is -2.09. The van der Waals surface area contributed by atoms with E-state index in [2.05, 4.69) is 4.98 Å². The minimum Gasteiger partial charge on any atom is -0.302 e. The first-order valence-electron chi connectivity index (χ1n) is 6.32. The average molecular weight is 345 g/mol. The molecular weight excluding hydrogens is 336 g/mol. The van der Waals surface area contributed by atoms with E-state index < -0.39 is 12.6 Å². The predicted octanol–water partition coefficient (Wildman–Crippen LogP) is 5.41. The van der Waals surface area contributed by atoms with Crippen molar-refractivity contribution in [2.24, 2.45) is 0 Å². The molecule has 7 heteroatoms. The number of hydrogen-bond donors (Lipinski definition) is 0. The van der Waals surface area contributed by atoms with Crippen LogP contribution >= 0.6 is 23.2 Å². The van der Waals surface area contributed by atoms with Crippen LogP contribution in [0.1, 0.15) is 5.69 Å². The normalized spacial score (nSPS) is 12.0. The molecule has 114 valence electrons. The third-order valence-corrected chi connectivity index (χ3v) is 3.82. The summed E-state index contributed by atoms with van der Waals surface area (Å²) in [5, 5.41) is 0.840. The summed E-state index contributed by atoms with van der Waals surface area (Å²) in [5.74, 6) is 0. The molecule has 0 aliphatic carbocycles. The SMILES string of the molecule is FC(F)(F)Cc1cnc2c(Cl)c(-c3cccc(Cl)c3)ccn12. The molecule has 2 nitrogen and oxygen atoms in total. The van der Waals surface area contributed by atoms with Gasteiger partial charge in [0.1, 0.15) is 0 Å². The van der Waals surface area contributed by atoms with Crippen LogP contribution < -0.4 is 0 Å². The van der Waals surface area contributed by atoms with Crippen LogP contribution in [0.15, 0.2) is 42.7 Å². The van der Waals surface area contributed by atoms with Gasteiger partial charge >= 0.3 is 6.18 Å². The number of nitrogens with zero attached hydrogens (tertiary/aromatic N) is 2. The Hall–Kier alpha value is -1.72. The van der Waals surface area contributed by atoms with Gasteiger partial charge < -0.3 is 4.40 Å². The molecule has 0 radical (unpaired) electrons. The zero-order chi connectivity index (χ0) is 15.9. The molecule has 22 heavy (non-hydrogen) atoms. The minimum atomic E-state index is -4.30. The molecule has 0 fully saturated rings. The number of imidazole rings is 1. The van der Waals surface area contributed by atoms with Gasteiger partial charge in [0.25, 0.3) is 0 Å². The van der Waals surface area contributed by atoms with Crippen LogP contribution in [0.3, 0.4) is 0 Å². The molecular formula is C15H9Cl2F3N2. The van der Waals surface area contributed by atoms with Gasteiger partial charge in [-0.3, -0.25) is 0 Å². The monoisotopic (exact) mass is 344 g/mol. The molecule has 2 heterocycles. The summed E-state index contributed by atoms with van der Waals surface area (Å²) in [7, 11) is 0. The van der Waals surface area contributed by atoms with Crippen LogP contribution in [0.4, 0.5) is 13.2 Å². The first kappa shape index (κ1) is 15.2. The second-order valence-electron chi connectivity index (χ2n) is 4.79. The molecule has 0 aliphatic rings. The van der Waals surface area contributed by atoms with Crippen LogP contribution in [0.2, 0.25) is 10.0 Å². The molecule has 1 aromatic carbocycles. The Morgan fingerprint density at radius 1 is 1.14 bits per heavy atom. The van der Waals surface area contributed by atoms with Gasteiger partial charge in [-0.15, -0.1) is 0 Å². The van der Waals surface area contributed by atoms with Crippen LogP contribution in [0.5, 0.6) is 0 Å². The van der Waals surface area contributed by atoms with E-state index in [9.17, 15) is 13.2 Å². The number of hydrogen-bond acceptors (Lipinski definition) is 1. The van der Waals surface area contributed by atoms with E-state index in [1.165, 1.54) is 16.8 Å². The van der Waals surface area contributed by atoms with Crippen molar-refractivity contribution in [3.63, 3.8) is 0 Å². The predicted molar refractivity (Wildman–Crippen MR) is 80.4 cm³/mol. The Morgan fingerprint density at radius 2 is 1.91 bits per heavy atom. The topological polar surface area (TPSA) is 17.3 Å². The van der Waals surface area contributed by atoms with Crippen molar-refractivity contribution >= 4 is 28.8 Å². The molecule has 0 unspecified atom stereocenters. The van der Waals surface area contributed by atoms with E-state index in [1.807, 2.05) is 6.07 Å². The van der Waals surface area contributed by atoms with E-state index >= 15 is 0 Å². The molecule has 0 amide bonds. The number of rotatable bonds is 2. The summed E-state index contributed by atoms with van der Waals surface area (Å²) in [6, 6.07) is 8.72. The Kier molecular flexibility index (Phi) is 3.78. The number of aromatic nitrogens is 2. The van der Waals surface area contributed by atoms with Crippen molar-refractivity contribution in [3.05, 3.63) is 58.5 Å². The van der Waals surface area contributed by atoms with E-state index in [0.29, 0.717) is 16.2 Å². The molecule has 0 atom stereocenters. The molecule has 0 N–H and O–H groups in total. The minimum absolute atomic E-state index is 0.0436. The highest BCUT2D eigenvalue weighted by Gasteiger charge is 2.29. The van der Waals surface area contributed by atoms with E-state index in [1.54, 1.807) is 24.3 Å². The van der Waals surface area contributed by atoms with Gasteiger partial charge in [0.05, 0.1) is 17.1 Å². The van der Waals surface area contributed by atoms with Crippen molar-refractivity contribution in [1.29, 1.82) is 0 Å². The maximum absolute atomic E-state index is 12.5. The summed E-state index contributed by atoms with van der Waals surface area (Å²) >= 11 is 12.3. The fourth-order valence-corrected chi connectivity index (χ4v) is 2.78. The highest BCUT2D eigenvalue weighted by molar-refractivity contribution is 6.36. The molecule has 0 spiro atoms. The second-order valence-corrected chi connectivity index (χ2v) is 5.60. The maximum Gasteiger partial charge on any atom is 0.394 e. The van der Waals surface area contributed by atoms with E-state index in [-0.39, 0.29) is 10.7 Å². The third-order valence-electron chi connectivity index (χ3n) is 3.21. The van der Waals surface area contributed by atoms with Crippen molar-refractivity contribution in [1.82, 2.24) is 9.38 Å². The number of alkyl halides is 3. The Morgan fingerprint density at radius 3 is 2.59 bits per heavy atom. The van der Waals surface area contributed by atoms with Gasteiger partial charge in [-0.25, -0.2) is 4.98 Å². The molecule has 0 bridgehead atoms. The number of benzene rings is 1. The Balaban J connectivity index is 2.11. The summed E-state index contributed by atoms with van der Waals surface area (Å²) in [6.07, 6.45) is -2.63. The van der Waals surface area contributed by atoms with Gasteiger partial charge in [-0.1, -0.05) is 35.3 Å². The van der Waals surface area contributed by atoms with Crippen LogP contribution in [0, 0.1) is 0 Å². The highest BCUT2D eigenvalue weighted by Crippen LogP contribution is 2.33. The quantitative estimate of drug-likeness (QED) is 0.607. The fourth-order valence-electron chi connectivity index (χ4n) is 2.28. The summed E-state index contributed by atoms with van der Waals surface area (Å²) < 4.78 is 39.0. The number of halogens is 5. The summed E-state index contributed by atoms with van der Waals surface area (Å²) in [6.45, 7) is 0. The lowest BCUT2D eigenvalue weighted by molar-refractivity contribution is -0.127. The highest BCUT2D eigenvalue weighted by atomic mass is 35.5. The van der Waals surface area contributed by atoms with E-state index in [4.69, 9.17) is 23.2 Å². The molecule has 0 saturated heterocycles. The lowest BCUT2D eigenvalue weighted by atomic mass is 10.1. The maximum atomic E-state index is 12.5. The van der Waals surface area contributed by atoms with Gasteiger partial charge in [0.15, 0.2) is 5.65 Å². The summed E-state index contributed by atoms with van der Waals surface area (Å²) in [4.78, 5) is 4.01. The van der Waals surface area contributed by atoms with E-state index in [0.717, 1.165) is 5.56 Å². The molecule has 3 rings (SSSR count). The third kappa shape index (κ3) is 2.91. The first-order valence-corrected chi connectivity index (χ1v) is 7.08. The van der Waals surface area contributed by atoms with Gasteiger partial charge in [-0.05, 0) is 23.8 Å². The molecule has 0 saturated carbocycles. The fraction of sp³-hybridized carbons (Fsp3) is 0.133. The van der Waals surface area contributed by atoms with Gasteiger partial charge in [-0.2, -0.15) is 13.2 Å². The zero-order valence-corrected chi connectivity index (χ0v) is 12.5.